The first-order valence-electron chi connectivity index (χ1n) is 8.42. The van der Waals surface area contributed by atoms with Crippen LogP contribution in [0.1, 0.15) is 44.5 Å². The summed E-state index contributed by atoms with van der Waals surface area (Å²) in [7, 11) is -3.12. The molecular weight excluding hydrogens is 348 g/mol. The molecule has 1 saturated carbocycles. The van der Waals surface area contributed by atoms with Crippen molar-refractivity contribution in [3.8, 4) is 0 Å². The van der Waals surface area contributed by atoms with Crippen LogP contribution >= 0.6 is 11.3 Å². The summed E-state index contributed by atoms with van der Waals surface area (Å²) >= 11 is 1.37. The van der Waals surface area contributed by atoms with E-state index >= 15 is 0 Å². The highest BCUT2D eigenvalue weighted by Crippen LogP contribution is 2.43. The van der Waals surface area contributed by atoms with Crippen molar-refractivity contribution in [1.29, 1.82) is 0 Å². The first-order chi connectivity index (χ1) is 11.3. The van der Waals surface area contributed by atoms with E-state index in [4.69, 9.17) is 0 Å². The molecule has 3 rings (SSSR count). The summed E-state index contributed by atoms with van der Waals surface area (Å²) in [6.45, 7) is 4.93. The van der Waals surface area contributed by atoms with Gasteiger partial charge in [-0.05, 0) is 25.2 Å². The van der Waals surface area contributed by atoms with Gasteiger partial charge >= 0.3 is 6.03 Å². The number of hydrogen-bond donors (Lipinski definition) is 1. The van der Waals surface area contributed by atoms with E-state index in [0.717, 1.165) is 30.7 Å². The van der Waals surface area contributed by atoms with Crippen molar-refractivity contribution in [1.82, 2.24) is 15.1 Å². The third kappa shape index (κ3) is 3.42. The van der Waals surface area contributed by atoms with Crippen LogP contribution in [0.5, 0.6) is 0 Å². The van der Waals surface area contributed by atoms with Crippen molar-refractivity contribution in [3.05, 3.63) is 5.01 Å². The number of urea groups is 1. The van der Waals surface area contributed by atoms with E-state index in [1.807, 2.05) is 0 Å². The second kappa shape index (κ2) is 6.59. The van der Waals surface area contributed by atoms with Gasteiger partial charge in [-0.25, -0.2) is 13.2 Å². The highest BCUT2D eigenvalue weighted by molar-refractivity contribution is 7.92. The molecule has 1 aliphatic carbocycles. The van der Waals surface area contributed by atoms with Crippen molar-refractivity contribution < 1.29 is 13.2 Å². The molecule has 2 fully saturated rings. The normalized spacial score (nSPS) is 22.2. The van der Waals surface area contributed by atoms with Crippen LogP contribution in [0.4, 0.5) is 9.93 Å². The molecule has 2 amide bonds. The number of carbonyl (C=O) groups is 1. The van der Waals surface area contributed by atoms with E-state index in [-0.39, 0.29) is 18.3 Å². The molecule has 1 aromatic heterocycles. The molecule has 0 unspecified atom stereocenters. The number of aromatic nitrogens is 2. The lowest BCUT2D eigenvalue weighted by atomic mass is 9.81. The molecule has 1 N–H and O–H groups in total. The van der Waals surface area contributed by atoms with Gasteiger partial charge in [0.1, 0.15) is 5.01 Å². The molecular formula is C15H24N4O3S2. The highest BCUT2D eigenvalue weighted by atomic mass is 32.2. The Bertz CT molecular complexity index is 710. The zero-order valence-electron chi connectivity index (χ0n) is 14.1. The van der Waals surface area contributed by atoms with Crippen LogP contribution in [0, 0.1) is 5.92 Å². The van der Waals surface area contributed by atoms with E-state index in [9.17, 15) is 13.2 Å². The topological polar surface area (TPSA) is 92.3 Å². The summed E-state index contributed by atoms with van der Waals surface area (Å²) in [5.41, 5.74) is 0. The maximum atomic E-state index is 12.5. The van der Waals surface area contributed by atoms with E-state index in [1.54, 1.807) is 4.90 Å². The summed E-state index contributed by atoms with van der Waals surface area (Å²) in [6, 6.07) is -0.283. The lowest BCUT2D eigenvalue weighted by Crippen LogP contribution is -2.46. The van der Waals surface area contributed by atoms with Crippen molar-refractivity contribution >= 4 is 32.3 Å². The second-order valence-corrected chi connectivity index (χ2v) is 10.7. The molecule has 0 bridgehead atoms. The quantitative estimate of drug-likeness (QED) is 0.879. The SMILES string of the molecule is CC(C)Cc1nnc(NC(=O)N2CCC3(CCC3)S(=O)(=O)CC2)s1. The van der Waals surface area contributed by atoms with Gasteiger partial charge in [0.15, 0.2) is 9.84 Å². The number of rotatable bonds is 3. The monoisotopic (exact) mass is 372 g/mol. The van der Waals surface area contributed by atoms with Crippen molar-refractivity contribution in [2.24, 2.45) is 5.92 Å². The minimum atomic E-state index is -3.12. The fraction of sp³-hybridized carbons (Fsp3) is 0.800. The van der Waals surface area contributed by atoms with Gasteiger partial charge in [-0.1, -0.05) is 31.6 Å². The molecule has 9 heteroatoms. The van der Waals surface area contributed by atoms with Crippen molar-refractivity contribution in [3.63, 3.8) is 0 Å². The lowest BCUT2D eigenvalue weighted by molar-refractivity contribution is 0.209. The molecule has 2 aliphatic rings. The largest absolute Gasteiger partial charge is 0.323 e. The summed E-state index contributed by atoms with van der Waals surface area (Å²) in [4.78, 5) is 14.0. The predicted octanol–water partition coefficient (Wildman–Crippen LogP) is 2.31. The molecule has 134 valence electrons. The number of nitrogens with one attached hydrogen (secondary N) is 1. The standard InChI is InChI=1S/C15H24N4O3S2/c1-11(2)10-12-17-18-13(23-12)16-14(20)19-7-6-15(4-3-5-15)24(21,22)9-8-19/h11H,3-10H2,1-2H3,(H,16,18,20). The summed E-state index contributed by atoms with van der Waals surface area (Å²) in [5.74, 6) is 0.533. The fourth-order valence-electron chi connectivity index (χ4n) is 3.29. The van der Waals surface area contributed by atoms with Crippen LogP contribution in [-0.4, -0.2) is 53.1 Å². The zero-order valence-corrected chi connectivity index (χ0v) is 15.8. The van der Waals surface area contributed by atoms with E-state index < -0.39 is 14.6 Å². The van der Waals surface area contributed by atoms with Crippen LogP contribution in [0.3, 0.4) is 0 Å². The minimum absolute atomic E-state index is 0.0507. The number of amides is 2. The van der Waals surface area contributed by atoms with Gasteiger partial charge in [-0.15, -0.1) is 10.2 Å². The van der Waals surface area contributed by atoms with E-state index in [1.165, 1.54) is 11.3 Å². The zero-order chi connectivity index (χ0) is 17.4. The molecule has 1 spiro atoms. The van der Waals surface area contributed by atoms with Crippen LogP contribution in [0.25, 0.3) is 0 Å². The molecule has 1 saturated heterocycles. The maximum Gasteiger partial charge on any atom is 0.323 e. The molecule has 0 aromatic carbocycles. The number of nitrogens with zero attached hydrogens (tertiary/aromatic N) is 3. The second-order valence-electron chi connectivity index (χ2n) is 7.12. The Morgan fingerprint density at radius 2 is 2.04 bits per heavy atom. The molecule has 0 radical (unpaired) electrons. The van der Waals surface area contributed by atoms with Crippen molar-refractivity contribution in [2.45, 2.75) is 50.7 Å². The smallest absolute Gasteiger partial charge is 0.323 e. The van der Waals surface area contributed by atoms with Crippen LogP contribution in [0.2, 0.25) is 0 Å². The van der Waals surface area contributed by atoms with Crippen LogP contribution < -0.4 is 5.32 Å². The Balaban J connectivity index is 1.62. The Morgan fingerprint density at radius 3 is 2.67 bits per heavy atom. The van der Waals surface area contributed by atoms with Gasteiger partial charge in [0.2, 0.25) is 5.13 Å². The Labute approximate surface area is 146 Å². The van der Waals surface area contributed by atoms with E-state index in [2.05, 4.69) is 29.4 Å². The lowest BCUT2D eigenvalue weighted by Gasteiger charge is -2.39. The third-order valence-corrected chi connectivity index (χ3v) is 8.46. The summed E-state index contributed by atoms with van der Waals surface area (Å²) in [5, 5.41) is 12.2. The molecule has 7 nitrogen and oxygen atoms in total. The molecule has 1 aromatic rings. The van der Waals surface area contributed by atoms with Gasteiger partial charge < -0.3 is 4.90 Å². The fourth-order valence-corrected chi connectivity index (χ4v) is 6.44. The van der Waals surface area contributed by atoms with Crippen molar-refractivity contribution in [2.75, 3.05) is 24.2 Å². The van der Waals surface area contributed by atoms with Gasteiger partial charge in [0, 0.05) is 19.5 Å². The van der Waals surface area contributed by atoms with E-state index in [0.29, 0.717) is 24.0 Å². The molecule has 24 heavy (non-hydrogen) atoms. The summed E-state index contributed by atoms with van der Waals surface area (Å²) < 4.78 is 24.3. The van der Waals surface area contributed by atoms with Crippen LogP contribution in [-0.2, 0) is 16.3 Å². The van der Waals surface area contributed by atoms with Gasteiger partial charge in [-0.2, -0.15) is 0 Å². The number of hydrogen-bond acceptors (Lipinski definition) is 6. The average Bonchev–Trinajstić information content (AvgIpc) is 2.79. The summed E-state index contributed by atoms with van der Waals surface area (Å²) in [6.07, 6.45) is 3.81. The average molecular weight is 373 g/mol. The molecule has 2 heterocycles. The third-order valence-electron chi connectivity index (χ3n) is 4.94. The van der Waals surface area contributed by atoms with Crippen LogP contribution in [0.15, 0.2) is 0 Å². The number of carbonyl (C=O) groups excluding carboxylic acids is 1. The Kier molecular flexibility index (Phi) is 4.83. The Hall–Kier alpha value is -1.22. The Morgan fingerprint density at radius 1 is 1.29 bits per heavy atom. The predicted molar refractivity (Wildman–Crippen MR) is 94.0 cm³/mol. The minimum Gasteiger partial charge on any atom is -0.323 e. The highest BCUT2D eigenvalue weighted by Gasteiger charge is 2.49. The van der Waals surface area contributed by atoms with Gasteiger partial charge in [0.25, 0.3) is 0 Å². The number of sulfone groups is 1. The molecule has 1 aliphatic heterocycles. The van der Waals surface area contributed by atoms with Gasteiger partial charge in [-0.3, -0.25) is 5.32 Å². The molecule has 0 atom stereocenters. The first-order valence-corrected chi connectivity index (χ1v) is 10.9. The number of anilines is 1. The van der Waals surface area contributed by atoms with Gasteiger partial charge in [0.05, 0.1) is 10.5 Å². The maximum absolute atomic E-state index is 12.5. The first kappa shape index (κ1) is 17.6.